The molecule has 6 heteroatoms. The second-order valence-corrected chi connectivity index (χ2v) is 5.78. The molecular weight excluding hydrogens is 308 g/mol. The van der Waals surface area contributed by atoms with Gasteiger partial charge in [0.2, 0.25) is 0 Å². The molecule has 0 saturated heterocycles. The Bertz CT molecular complexity index is 653. The summed E-state index contributed by atoms with van der Waals surface area (Å²) in [5.74, 6) is 1.13. The number of amides is 2. The van der Waals surface area contributed by atoms with Crippen molar-refractivity contribution in [3.63, 3.8) is 0 Å². The molecule has 130 valence electrons. The Kier molecular flexibility index (Phi) is 5.87. The molecule has 3 N–H and O–H groups in total. The van der Waals surface area contributed by atoms with Gasteiger partial charge in [0.25, 0.3) is 0 Å². The summed E-state index contributed by atoms with van der Waals surface area (Å²) in [5.41, 5.74) is -0.358. The van der Waals surface area contributed by atoms with E-state index in [4.69, 9.17) is 9.15 Å². The Morgan fingerprint density at radius 1 is 1.33 bits per heavy atom. The Balaban J connectivity index is 1.97. The van der Waals surface area contributed by atoms with Gasteiger partial charge >= 0.3 is 6.03 Å². The number of rotatable bonds is 7. The van der Waals surface area contributed by atoms with Crippen LogP contribution >= 0.6 is 0 Å². The molecule has 2 rings (SSSR count). The number of aliphatic hydroxyl groups is 1. The maximum Gasteiger partial charge on any atom is 0.315 e. The minimum absolute atomic E-state index is 0.0364. The lowest BCUT2D eigenvalue weighted by Crippen LogP contribution is -2.44. The quantitative estimate of drug-likeness (QED) is 0.728. The maximum absolute atomic E-state index is 12.2. The molecule has 1 aromatic heterocycles. The van der Waals surface area contributed by atoms with Crippen LogP contribution in [-0.4, -0.2) is 24.8 Å². The summed E-state index contributed by atoms with van der Waals surface area (Å²) in [6.07, 6.45) is 2.20. The fraction of sp³-hybridized carbons (Fsp3) is 0.389. The van der Waals surface area contributed by atoms with Gasteiger partial charge in [-0.05, 0) is 31.5 Å². The lowest BCUT2D eigenvalue weighted by molar-refractivity contribution is 0.0366. The molecule has 1 aromatic carbocycles. The van der Waals surface area contributed by atoms with Crippen molar-refractivity contribution in [3.8, 4) is 5.75 Å². The number of hydrogen-bond acceptors (Lipinski definition) is 4. The minimum atomic E-state index is -1.27. The molecule has 0 bridgehead atoms. The van der Waals surface area contributed by atoms with E-state index in [1.165, 1.54) is 6.26 Å². The molecule has 2 atom stereocenters. The van der Waals surface area contributed by atoms with E-state index in [9.17, 15) is 9.90 Å². The van der Waals surface area contributed by atoms with Crippen molar-refractivity contribution in [1.29, 1.82) is 0 Å². The largest absolute Gasteiger partial charge is 0.496 e. The van der Waals surface area contributed by atoms with Crippen LogP contribution in [0, 0.1) is 0 Å². The van der Waals surface area contributed by atoms with Crippen LogP contribution in [0.25, 0.3) is 0 Å². The first-order valence-corrected chi connectivity index (χ1v) is 7.91. The molecule has 0 aliphatic heterocycles. The zero-order chi connectivity index (χ0) is 17.6. The standard InChI is InChI=1S/C18H24N2O4/c1-4-14(13-8-5-6-9-15(13)23-3)20-17(21)19-12-18(2,22)16-10-7-11-24-16/h5-11,14,22H,4,12H2,1-3H3,(H2,19,20,21)/t14-,18-/m0/s1. The van der Waals surface area contributed by atoms with E-state index in [-0.39, 0.29) is 18.6 Å². The van der Waals surface area contributed by atoms with Crippen LogP contribution < -0.4 is 15.4 Å². The van der Waals surface area contributed by atoms with Gasteiger partial charge in [-0.15, -0.1) is 0 Å². The van der Waals surface area contributed by atoms with Crippen LogP contribution in [0.3, 0.4) is 0 Å². The zero-order valence-electron chi connectivity index (χ0n) is 14.2. The molecule has 24 heavy (non-hydrogen) atoms. The van der Waals surface area contributed by atoms with Crippen LogP contribution in [0.5, 0.6) is 5.75 Å². The number of nitrogens with one attached hydrogen (secondary N) is 2. The first-order valence-electron chi connectivity index (χ1n) is 7.91. The first-order chi connectivity index (χ1) is 11.5. The maximum atomic E-state index is 12.2. The molecule has 1 heterocycles. The summed E-state index contributed by atoms with van der Waals surface area (Å²) in [7, 11) is 1.60. The van der Waals surface area contributed by atoms with Crippen molar-refractivity contribution < 1.29 is 19.1 Å². The molecule has 2 aromatic rings. The number of hydrogen-bond donors (Lipinski definition) is 3. The molecule has 0 aliphatic carbocycles. The van der Waals surface area contributed by atoms with Gasteiger partial charge in [0.15, 0.2) is 0 Å². The highest BCUT2D eigenvalue weighted by Gasteiger charge is 2.27. The van der Waals surface area contributed by atoms with Crippen LogP contribution in [-0.2, 0) is 5.60 Å². The molecule has 0 fully saturated rings. The third-order valence-electron chi connectivity index (χ3n) is 3.87. The Hall–Kier alpha value is -2.47. The highest BCUT2D eigenvalue weighted by atomic mass is 16.5. The number of urea groups is 1. The molecule has 0 aliphatic rings. The molecule has 6 nitrogen and oxygen atoms in total. The molecular formula is C18H24N2O4. The SMILES string of the molecule is CC[C@H](NC(=O)NC[C@](C)(O)c1ccco1)c1ccccc1OC. The lowest BCUT2D eigenvalue weighted by Gasteiger charge is -2.24. The summed E-state index contributed by atoms with van der Waals surface area (Å²) in [6.45, 7) is 3.61. The van der Waals surface area contributed by atoms with Crippen molar-refractivity contribution in [3.05, 3.63) is 54.0 Å². The van der Waals surface area contributed by atoms with Crippen LogP contribution in [0.1, 0.15) is 37.6 Å². The van der Waals surface area contributed by atoms with Crippen molar-refractivity contribution in [2.24, 2.45) is 0 Å². The number of para-hydroxylation sites is 1. The van der Waals surface area contributed by atoms with E-state index in [1.54, 1.807) is 26.2 Å². The smallest absolute Gasteiger partial charge is 0.315 e. The molecule has 0 unspecified atom stereocenters. The Morgan fingerprint density at radius 2 is 2.08 bits per heavy atom. The average molecular weight is 332 g/mol. The van der Waals surface area contributed by atoms with Gasteiger partial charge in [0, 0.05) is 5.56 Å². The average Bonchev–Trinajstić information content (AvgIpc) is 3.13. The highest BCUT2D eigenvalue weighted by molar-refractivity contribution is 5.74. The summed E-state index contributed by atoms with van der Waals surface area (Å²) in [6, 6.07) is 10.4. The van der Waals surface area contributed by atoms with Crippen LogP contribution in [0.4, 0.5) is 4.79 Å². The van der Waals surface area contributed by atoms with Crippen molar-refractivity contribution >= 4 is 6.03 Å². The van der Waals surface area contributed by atoms with E-state index in [0.29, 0.717) is 12.2 Å². The van der Waals surface area contributed by atoms with Gasteiger partial charge in [0.1, 0.15) is 17.1 Å². The van der Waals surface area contributed by atoms with E-state index >= 15 is 0 Å². The van der Waals surface area contributed by atoms with E-state index in [0.717, 1.165) is 11.3 Å². The number of ether oxygens (including phenoxy) is 1. The van der Waals surface area contributed by atoms with Crippen LogP contribution in [0.2, 0.25) is 0 Å². The summed E-state index contributed by atoms with van der Waals surface area (Å²) >= 11 is 0. The van der Waals surface area contributed by atoms with Gasteiger partial charge < -0.3 is 24.9 Å². The monoisotopic (exact) mass is 332 g/mol. The lowest BCUT2D eigenvalue weighted by atomic mass is 10.0. The summed E-state index contributed by atoms with van der Waals surface area (Å²) in [4.78, 5) is 12.2. The van der Waals surface area contributed by atoms with Gasteiger partial charge in [-0.25, -0.2) is 4.79 Å². The number of furan rings is 1. The van der Waals surface area contributed by atoms with Gasteiger partial charge in [-0.2, -0.15) is 0 Å². The predicted molar refractivity (Wildman–Crippen MR) is 90.8 cm³/mol. The molecule has 0 spiro atoms. The van der Waals surface area contributed by atoms with E-state index in [1.807, 2.05) is 31.2 Å². The fourth-order valence-corrected chi connectivity index (χ4v) is 2.49. The second kappa shape index (κ2) is 7.88. The second-order valence-electron chi connectivity index (χ2n) is 5.78. The number of benzene rings is 1. The summed E-state index contributed by atoms with van der Waals surface area (Å²) in [5, 5.41) is 15.9. The topological polar surface area (TPSA) is 83.7 Å². The van der Waals surface area contributed by atoms with Gasteiger partial charge in [-0.1, -0.05) is 25.1 Å². The third-order valence-corrected chi connectivity index (χ3v) is 3.87. The van der Waals surface area contributed by atoms with Crippen molar-refractivity contribution in [2.75, 3.05) is 13.7 Å². The predicted octanol–water partition coefficient (Wildman–Crippen LogP) is 2.95. The normalized spacial score (nSPS) is 14.5. The third kappa shape index (κ3) is 4.29. The van der Waals surface area contributed by atoms with Crippen LogP contribution in [0.15, 0.2) is 47.1 Å². The molecule has 0 radical (unpaired) electrons. The number of carbonyl (C=O) groups excluding carboxylic acids is 1. The van der Waals surface area contributed by atoms with Crippen molar-refractivity contribution in [2.45, 2.75) is 31.9 Å². The molecule has 0 saturated carbocycles. The first kappa shape index (κ1) is 17.9. The Labute approximate surface area is 141 Å². The zero-order valence-corrected chi connectivity index (χ0v) is 14.2. The Morgan fingerprint density at radius 3 is 2.71 bits per heavy atom. The van der Waals surface area contributed by atoms with Crippen molar-refractivity contribution in [1.82, 2.24) is 10.6 Å². The molecule has 2 amide bonds. The summed E-state index contributed by atoms with van der Waals surface area (Å²) < 4.78 is 10.5. The number of methoxy groups -OCH3 is 1. The van der Waals surface area contributed by atoms with E-state index < -0.39 is 5.60 Å². The van der Waals surface area contributed by atoms with Gasteiger partial charge in [0.05, 0.1) is 26.0 Å². The van der Waals surface area contributed by atoms with E-state index in [2.05, 4.69) is 10.6 Å². The minimum Gasteiger partial charge on any atom is -0.496 e. The highest BCUT2D eigenvalue weighted by Crippen LogP contribution is 2.26. The van der Waals surface area contributed by atoms with Gasteiger partial charge in [-0.3, -0.25) is 0 Å². The number of carbonyl (C=O) groups is 1. The fourth-order valence-electron chi connectivity index (χ4n) is 2.49.